The van der Waals surface area contributed by atoms with Crippen LogP contribution in [0.15, 0.2) is 36.4 Å². The summed E-state index contributed by atoms with van der Waals surface area (Å²) in [5.74, 6) is -2.77. The third-order valence-corrected chi connectivity index (χ3v) is 3.21. The summed E-state index contributed by atoms with van der Waals surface area (Å²) in [5, 5.41) is 9.78. The average molecular weight is 287 g/mol. The van der Waals surface area contributed by atoms with Crippen molar-refractivity contribution in [2.75, 3.05) is 0 Å². The van der Waals surface area contributed by atoms with Gasteiger partial charge in [0.1, 0.15) is 5.82 Å². The molecule has 0 radical (unpaired) electrons. The van der Waals surface area contributed by atoms with Crippen molar-refractivity contribution in [1.82, 2.24) is 0 Å². The fourth-order valence-corrected chi connectivity index (χ4v) is 2.01. The van der Waals surface area contributed by atoms with Gasteiger partial charge in [-0.1, -0.05) is 35.9 Å². The standard InChI is InChI=1S/C14H10ClF3O/c15-13-8(3-1-5-10(13)16)7-12(19)9-4-2-6-11(17)14(9)18/h1-6,12,19H,7H2. The van der Waals surface area contributed by atoms with Crippen LogP contribution in [0, 0.1) is 17.5 Å². The third kappa shape index (κ3) is 2.91. The number of benzene rings is 2. The highest BCUT2D eigenvalue weighted by Gasteiger charge is 2.18. The van der Waals surface area contributed by atoms with E-state index in [2.05, 4.69) is 0 Å². The van der Waals surface area contributed by atoms with Crippen LogP contribution in [0.1, 0.15) is 17.2 Å². The lowest BCUT2D eigenvalue weighted by Gasteiger charge is -2.13. The van der Waals surface area contributed by atoms with Crippen LogP contribution in [0.5, 0.6) is 0 Å². The van der Waals surface area contributed by atoms with Gasteiger partial charge in [0.25, 0.3) is 0 Å². The second-order valence-corrected chi connectivity index (χ2v) is 4.45. The largest absolute Gasteiger partial charge is 0.388 e. The van der Waals surface area contributed by atoms with Crippen molar-refractivity contribution in [2.45, 2.75) is 12.5 Å². The van der Waals surface area contributed by atoms with E-state index in [1.165, 1.54) is 30.3 Å². The summed E-state index contributed by atoms with van der Waals surface area (Å²) in [5.41, 5.74) is 0.151. The summed E-state index contributed by atoms with van der Waals surface area (Å²) < 4.78 is 39.8. The number of hydrogen-bond donors (Lipinski definition) is 1. The lowest BCUT2D eigenvalue weighted by atomic mass is 10.0. The Morgan fingerprint density at radius 1 is 1.00 bits per heavy atom. The molecule has 5 heteroatoms. The Balaban J connectivity index is 2.28. The molecule has 1 N–H and O–H groups in total. The first kappa shape index (κ1) is 13.9. The lowest BCUT2D eigenvalue weighted by molar-refractivity contribution is 0.172. The summed E-state index contributed by atoms with van der Waals surface area (Å²) >= 11 is 5.74. The minimum atomic E-state index is -1.30. The van der Waals surface area contributed by atoms with Gasteiger partial charge in [0, 0.05) is 12.0 Å². The zero-order chi connectivity index (χ0) is 14.0. The number of rotatable bonds is 3. The fraction of sp³-hybridized carbons (Fsp3) is 0.143. The monoisotopic (exact) mass is 286 g/mol. The lowest BCUT2D eigenvalue weighted by Crippen LogP contribution is -2.06. The molecule has 0 fully saturated rings. The molecular formula is C14H10ClF3O. The molecule has 1 atom stereocenters. The van der Waals surface area contributed by atoms with E-state index in [0.29, 0.717) is 5.56 Å². The minimum Gasteiger partial charge on any atom is -0.388 e. The molecule has 100 valence electrons. The molecule has 0 aliphatic heterocycles. The predicted octanol–water partition coefficient (Wildman–Crippen LogP) is 4.03. The van der Waals surface area contributed by atoms with Gasteiger partial charge in [0.2, 0.25) is 0 Å². The van der Waals surface area contributed by atoms with Crippen molar-refractivity contribution in [2.24, 2.45) is 0 Å². The van der Waals surface area contributed by atoms with Gasteiger partial charge in [0.05, 0.1) is 11.1 Å². The zero-order valence-corrected chi connectivity index (χ0v) is 10.5. The van der Waals surface area contributed by atoms with Crippen LogP contribution < -0.4 is 0 Å². The Hall–Kier alpha value is -1.52. The first-order valence-electron chi connectivity index (χ1n) is 5.55. The molecular weight excluding hydrogens is 277 g/mol. The maximum Gasteiger partial charge on any atom is 0.164 e. The second kappa shape index (κ2) is 5.63. The van der Waals surface area contributed by atoms with E-state index in [9.17, 15) is 18.3 Å². The maximum absolute atomic E-state index is 13.5. The zero-order valence-electron chi connectivity index (χ0n) is 9.71. The smallest absolute Gasteiger partial charge is 0.164 e. The van der Waals surface area contributed by atoms with Gasteiger partial charge in [0.15, 0.2) is 11.6 Å². The van der Waals surface area contributed by atoms with E-state index >= 15 is 0 Å². The number of aliphatic hydroxyl groups is 1. The van der Waals surface area contributed by atoms with Gasteiger partial charge in [-0.3, -0.25) is 0 Å². The van der Waals surface area contributed by atoms with E-state index in [1.54, 1.807) is 0 Å². The van der Waals surface area contributed by atoms with E-state index in [1.807, 2.05) is 0 Å². The fourth-order valence-electron chi connectivity index (χ4n) is 1.80. The van der Waals surface area contributed by atoms with Crippen LogP contribution in [-0.4, -0.2) is 5.11 Å². The van der Waals surface area contributed by atoms with Crippen LogP contribution >= 0.6 is 11.6 Å². The SMILES string of the molecule is OC(Cc1cccc(F)c1Cl)c1cccc(F)c1F. The molecule has 0 aliphatic rings. The van der Waals surface area contributed by atoms with Crippen molar-refractivity contribution >= 4 is 11.6 Å². The van der Waals surface area contributed by atoms with E-state index in [0.717, 1.165) is 6.07 Å². The van der Waals surface area contributed by atoms with Gasteiger partial charge in [-0.15, -0.1) is 0 Å². The van der Waals surface area contributed by atoms with Crippen LogP contribution in [0.4, 0.5) is 13.2 Å². The summed E-state index contributed by atoms with van der Waals surface area (Å²) in [6.45, 7) is 0. The van der Waals surface area contributed by atoms with Crippen molar-refractivity contribution in [3.8, 4) is 0 Å². The highest BCUT2D eigenvalue weighted by atomic mass is 35.5. The molecule has 0 saturated carbocycles. The molecule has 0 saturated heterocycles. The molecule has 2 aromatic carbocycles. The molecule has 2 rings (SSSR count). The molecule has 0 aromatic heterocycles. The van der Waals surface area contributed by atoms with Gasteiger partial charge in [-0.05, 0) is 17.7 Å². The third-order valence-electron chi connectivity index (χ3n) is 2.79. The highest BCUT2D eigenvalue weighted by Crippen LogP contribution is 2.27. The first-order chi connectivity index (χ1) is 9.00. The summed E-state index contributed by atoms with van der Waals surface area (Å²) in [7, 11) is 0. The molecule has 2 aromatic rings. The van der Waals surface area contributed by atoms with Crippen molar-refractivity contribution < 1.29 is 18.3 Å². The van der Waals surface area contributed by atoms with Gasteiger partial charge in [-0.2, -0.15) is 0 Å². The Bertz CT molecular complexity index is 601. The van der Waals surface area contributed by atoms with Gasteiger partial charge >= 0.3 is 0 Å². The number of aliphatic hydroxyl groups excluding tert-OH is 1. The Morgan fingerprint density at radius 3 is 2.37 bits per heavy atom. The molecule has 0 spiro atoms. The summed E-state index contributed by atoms with van der Waals surface area (Å²) in [4.78, 5) is 0. The second-order valence-electron chi connectivity index (χ2n) is 4.08. The summed E-state index contributed by atoms with van der Waals surface area (Å²) in [6, 6.07) is 7.67. The minimum absolute atomic E-state index is 0.100. The van der Waals surface area contributed by atoms with Crippen LogP contribution in [0.25, 0.3) is 0 Å². The molecule has 19 heavy (non-hydrogen) atoms. The van der Waals surface area contributed by atoms with Crippen molar-refractivity contribution in [3.63, 3.8) is 0 Å². The van der Waals surface area contributed by atoms with Gasteiger partial charge in [-0.25, -0.2) is 13.2 Å². The summed E-state index contributed by atoms with van der Waals surface area (Å²) in [6.07, 6.45) is -1.40. The Kier molecular flexibility index (Phi) is 4.12. The maximum atomic E-state index is 13.5. The Labute approximate surface area is 113 Å². The quantitative estimate of drug-likeness (QED) is 0.903. The molecule has 0 bridgehead atoms. The van der Waals surface area contributed by atoms with E-state index < -0.39 is 23.6 Å². The Morgan fingerprint density at radius 2 is 1.63 bits per heavy atom. The molecule has 1 nitrogen and oxygen atoms in total. The number of halogens is 4. The molecule has 0 amide bonds. The van der Waals surface area contributed by atoms with Crippen molar-refractivity contribution in [3.05, 3.63) is 70.0 Å². The number of hydrogen-bond acceptors (Lipinski definition) is 1. The van der Waals surface area contributed by atoms with Crippen LogP contribution in [-0.2, 0) is 6.42 Å². The normalized spacial score (nSPS) is 12.5. The van der Waals surface area contributed by atoms with Gasteiger partial charge < -0.3 is 5.11 Å². The average Bonchev–Trinajstić information content (AvgIpc) is 2.38. The van der Waals surface area contributed by atoms with Crippen LogP contribution in [0.3, 0.4) is 0 Å². The van der Waals surface area contributed by atoms with E-state index in [4.69, 9.17) is 11.6 Å². The van der Waals surface area contributed by atoms with Crippen LogP contribution in [0.2, 0.25) is 5.02 Å². The molecule has 1 unspecified atom stereocenters. The topological polar surface area (TPSA) is 20.2 Å². The van der Waals surface area contributed by atoms with E-state index in [-0.39, 0.29) is 17.0 Å². The molecule has 0 aliphatic carbocycles. The molecule has 0 heterocycles. The highest BCUT2D eigenvalue weighted by molar-refractivity contribution is 6.31. The predicted molar refractivity (Wildman–Crippen MR) is 66.4 cm³/mol. The van der Waals surface area contributed by atoms with Crippen molar-refractivity contribution in [1.29, 1.82) is 0 Å². The first-order valence-corrected chi connectivity index (χ1v) is 5.93.